The van der Waals surface area contributed by atoms with E-state index in [1.807, 2.05) is 48.5 Å². The zero-order chi connectivity index (χ0) is 19.2. The van der Waals surface area contributed by atoms with Crippen molar-refractivity contribution < 1.29 is 19.4 Å². The zero-order valence-corrected chi connectivity index (χ0v) is 15.2. The molecule has 3 rings (SSSR count). The lowest BCUT2D eigenvalue weighted by molar-refractivity contribution is -0.131. The van der Waals surface area contributed by atoms with Crippen molar-refractivity contribution >= 4 is 23.6 Å². The molecule has 0 aliphatic carbocycles. The summed E-state index contributed by atoms with van der Waals surface area (Å²) in [5.41, 5.74) is 2.59. The van der Waals surface area contributed by atoms with Gasteiger partial charge < -0.3 is 14.7 Å². The Labute approximate surface area is 158 Å². The molecule has 1 amide bonds. The third kappa shape index (κ3) is 4.74. The van der Waals surface area contributed by atoms with Gasteiger partial charge in [0.1, 0.15) is 5.75 Å². The highest BCUT2D eigenvalue weighted by Crippen LogP contribution is 2.24. The van der Waals surface area contributed by atoms with Crippen LogP contribution in [0.3, 0.4) is 0 Å². The molecule has 2 aromatic rings. The van der Waals surface area contributed by atoms with Crippen molar-refractivity contribution in [3.05, 3.63) is 65.7 Å². The second-order valence-corrected chi connectivity index (χ2v) is 6.33. The normalized spacial score (nSPS) is 15.3. The van der Waals surface area contributed by atoms with E-state index in [9.17, 15) is 9.59 Å². The number of carboxylic acid groups (broad SMARTS) is 1. The van der Waals surface area contributed by atoms with Gasteiger partial charge in [-0.2, -0.15) is 0 Å². The highest BCUT2D eigenvalue weighted by Gasteiger charge is 2.26. The van der Waals surface area contributed by atoms with Crippen molar-refractivity contribution in [3.8, 4) is 5.75 Å². The lowest BCUT2D eigenvalue weighted by Crippen LogP contribution is -2.50. The number of benzene rings is 2. The molecule has 1 saturated heterocycles. The summed E-state index contributed by atoms with van der Waals surface area (Å²) in [7, 11) is 1.64. The molecule has 0 atom stereocenters. The van der Waals surface area contributed by atoms with Crippen molar-refractivity contribution in [2.45, 2.75) is 6.54 Å². The number of carboxylic acids is 1. The van der Waals surface area contributed by atoms with E-state index in [2.05, 4.69) is 4.90 Å². The first-order valence-corrected chi connectivity index (χ1v) is 8.72. The van der Waals surface area contributed by atoms with Gasteiger partial charge in [-0.3, -0.25) is 9.69 Å². The number of piperazine rings is 1. The first-order valence-electron chi connectivity index (χ1n) is 8.72. The lowest BCUT2D eigenvalue weighted by atomic mass is 10.1. The van der Waals surface area contributed by atoms with Gasteiger partial charge in [-0.15, -0.1) is 0 Å². The van der Waals surface area contributed by atoms with Gasteiger partial charge in [-0.05, 0) is 35.4 Å². The second-order valence-electron chi connectivity index (χ2n) is 6.33. The summed E-state index contributed by atoms with van der Waals surface area (Å²) in [6.07, 6.45) is 2.61. The Balaban J connectivity index is 1.68. The van der Waals surface area contributed by atoms with Gasteiger partial charge >= 0.3 is 5.97 Å². The fraction of sp³-hybridized carbons (Fsp3) is 0.238. The molecular formula is C21H22N2O4. The maximum absolute atomic E-state index is 12.7. The molecule has 140 valence electrons. The number of carbonyl (C=O) groups is 2. The Morgan fingerprint density at radius 2 is 1.89 bits per heavy atom. The number of nitrogens with zero attached hydrogens (tertiary/aromatic N) is 2. The smallest absolute Gasteiger partial charge is 0.328 e. The van der Waals surface area contributed by atoms with E-state index in [1.54, 1.807) is 12.0 Å². The lowest BCUT2D eigenvalue weighted by Gasteiger charge is -2.35. The highest BCUT2D eigenvalue weighted by atomic mass is 16.5. The van der Waals surface area contributed by atoms with Crippen LogP contribution >= 0.6 is 0 Å². The molecule has 1 fully saturated rings. The molecule has 0 bridgehead atoms. The van der Waals surface area contributed by atoms with Crippen LogP contribution in [0.2, 0.25) is 0 Å². The number of hydrogen-bond donors (Lipinski definition) is 1. The van der Waals surface area contributed by atoms with Crippen molar-refractivity contribution in [2.75, 3.05) is 31.6 Å². The van der Waals surface area contributed by atoms with Crippen LogP contribution in [0.4, 0.5) is 5.69 Å². The molecule has 0 radical (unpaired) electrons. The topological polar surface area (TPSA) is 70.1 Å². The summed E-state index contributed by atoms with van der Waals surface area (Å²) in [6.45, 7) is 2.33. The average molecular weight is 366 g/mol. The molecule has 6 heteroatoms. The number of carbonyl (C=O) groups excluding carboxylic acids is 1. The fourth-order valence-electron chi connectivity index (χ4n) is 3.14. The Bertz CT molecular complexity index is 846. The van der Waals surface area contributed by atoms with Crippen LogP contribution in [0, 0.1) is 0 Å². The zero-order valence-electron chi connectivity index (χ0n) is 15.2. The predicted octanol–water partition coefficient (Wildman–Crippen LogP) is 2.64. The Morgan fingerprint density at radius 3 is 2.56 bits per heavy atom. The van der Waals surface area contributed by atoms with Crippen LogP contribution < -0.4 is 9.64 Å². The van der Waals surface area contributed by atoms with Crippen molar-refractivity contribution in [3.63, 3.8) is 0 Å². The van der Waals surface area contributed by atoms with Gasteiger partial charge in [0, 0.05) is 25.7 Å². The van der Waals surface area contributed by atoms with Crippen LogP contribution in [0.15, 0.2) is 54.6 Å². The summed E-state index contributed by atoms with van der Waals surface area (Å²) in [5, 5.41) is 8.85. The fourth-order valence-corrected chi connectivity index (χ4v) is 3.14. The number of anilines is 1. The molecule has 0 saturated carbocycles. The Hall–Kier alpha value is -3.12. The molecule has 2 aromatic carbocycles. The Kier molecular flexibility index (Phi) is 5.88. The number of methoxy groups -OCH3 is 1. The Morgan fingerprint density at radius 1 is 1.15 bits per heavy atom. The summed E-state index contributed by atoms with van der Waals surface area (Å²) < 4.78 is 5.17. The SMILES string of the molecule is COc1ccc(CN2CCN(c3ccccc3/C=C/C(=O)O)C(=O)C2)cc1. The number of ether oxygens (including phenoxy) is 1. The first kappa shape index (κ1) is 18.7. The van der Waals surface area contributed by atoms with Gasteiger partial charge in [0.25, 0.3) is 0 Å². The summed E-state index contributed by atoms with van der Waals surface area (Å²) in [4.78, 5) is 27.3. The number of aliphatic carboxylic acids is 1. The minimum atomic E-state index is -1.01. The van der Waals surface area contributed by atoms with Crippen LogP contribution in [0.5, 0.6) is 5.75 Å². The van der Waals surface area contributed by atoms with E-state index in [0.29, 0.717) is 19.6 Å². The molecule has 1 heterocycles. The van der Waals surface area contributed by atoms with E-state index in [0.717, 1.165) is 35.2 Å². The molecule has 1 aliphatic rings. The minimum absolute atomic E-state index is 0.00550. The van der Waals surface area contributed by atoms with Gasteiger partial charge in [0.05, 0.1) is 19.3 Å². The van der Waals surface area contributed by atoms with Crippen molar-refractivity contribution in [2.24, 2.45) is 0 Å². The summed E-state index contributed by atoms with van der Waals surface area (Å²) in [5.74, 6) is -0.197. The quantitative estimate of drug-likeness (QED) is 0.796. The molecule has 0 unspecified atom stereocenters. The summed E-state index contributed by atoms with van der Waals surface area (Å²) >= 11 is 0. The molecule has 1 N–H and O–H groups in total. The second kappa shape index (κ2) is 8.51. The standard InChI is InChI=1S/C21H22N2O4/c1-27-18-9-6-16(7-10-18)14-22-12-13-23(20(24)15-22)19-5-3-2-4-17(19)8-11-21(25)26/h2-11H,12-15H2,1H3,(H,25,26)/b11-8+. The van der Waals surface area contributed by atoms with Gasteiger partial charge in [-0.25, -0.2) is 4.79 Å². The third-order valence-electron chi connectivity index (χ3n) is 4.50. The number of para-hydroxylation sites is 1. The molecule has 0 spiro atoms. The predicted molar refractivity (Wildman–Crippen MR) is 104 cm³/mol. The van der Waals surface area contributed by atoms with Crippen LogP contribution in [-0.4, -0.2) is 48.6 Å². The number of rotatable bonds is 6. The maximum atomic E-state index is 12.7. The van der Waals surface area contributed by atoms with Crippen molar-refractivity contribution in [1.82, 2.24) is 4.90 Å². The maximum Gasteiger partial charge on any atom is 0.328 e. The number of hydrogen-bond acceptors (Lipinski definition) is 4. The number of amides is 1. The van der Waals surface area contributed by atoms with Gasteiger partial charge in [0.15, 0.2) is 0 Å². The van der Waals surface area contributed by atoms with Crippen LogP contribution in [0.1, 0.15) is 11.1 Å². The molecule has 0 aromatic heterocycles. The summed E-state index contributed by atoms with van der Waals surface area (Å²) in [6, 6.07) is 15.2. The van der Waals surface area contributed by atoms with E-state index in [1.165, 1.54) is 6.08 Å². The molecule has 6 nitrogen and oxygen atoms in total. The molecule has 27 heavy (non-hydrogen) atoms. The molecular weight excluding hydrogens is 344 g/mol. The van der Waals surface area contributed by atoms with Gasteiger partial charge in [0.2, 0.25) is 5.91 Å². The van der Waals surface area contributed by atoms with E-state index in [4.69, 9.17) is 9.84 Å². The van der Waals surface area contributed by atoms with Crippen LogP contribution in [0.25, 0.3) is 6.08 Å². The highest BCUT2D eigenvalue weighted by molar-refractivity contribution is 5.98. The monoisotopic (exact) mass is 366 g/mol. The van der Waals surface area contributed by atoms with E-state index >= 15 is 0 Å². The van der Waals surface area contributed by atoms with E-state index < -0.39 is 5.97 Å². The van der Waals surface area contributed by atoms with Crippen molar-refractivity contribution in [1.29, 1.82) is 0 Å². The molecule has 1 aliphatic heterocycles. The van der Waals surface area contributed by atoms with E-state index in [-0.39, 0.29) is 5.91 Å². The largest absolute Gasteiger partial charge is 0.497 e. The minimum Gasteiger partial charge on any atom is -0.497 e. The average Bonchev–Trinajstić information content (AvgIpc) is 2.67. The first-order chi connectivity index (χ1) is 13.1. The van der Waals surface area contributed by atoms with Crippen LogP contribution in [-0.2, 0) is 16.1 Å². The third-order valence-corrected chi connectivity index (χ3v) is 4.50. The van der Waals surface area contributed by atoms with Gasteiger partial charge in [-0.1, -0.05) is 30.3 Å².